The summed E-state index contributed by atoms with van der Waals surface area (Å²) in [5, 5.41) is 0. The first-order valence-corrected chi connectivity index (χ1v) is 10.3. The molecule has 0 aliphatic carbocycles. The summed E-state index contributed by atoms with van der Waals surface area (Å²) < 4.78 is 5.35. The van der Waals surface area contributed by atoms with Crippen LogP contribution in [0.3, 0.4) is 0 Å². The Morgan fingerprint density at radius 3 is 1.96 bits per heavy atom. The zero-order valence-corrected chi connectivity index (χ0v) is 16.9. The van der Waals surface area contributed by atoms with Crippen molar-refractivity contribution in [3.05, 3.63) is 24.8 Å². The van der Waals surface area contributed by atoms with Gasteiger partial charge in [-0.15, -0.1) is 0 Å². The van der Waals surface area contributed by atoms with E-state index in [9.17, 15) is 9.59 Å². The number of carbonyl (C=O) groups excluding carboxylic acids is 2. The maximum absolute atomic E-state index is 11.9. The fourth-order valence-corrected chi connectivity index (χ4v) is 3.11. The van der Waals surface area contributed by atoms with Gasteiger partial charge < -0.3 is 10.5 Å². The van der Waals surface area contributed by atoms with Crippen molar-refractivity contribution in [1.82, 2.24) is 0 Å². The summed E-state index contributed by atoms with van der Waals surface area (Å²) in [6.07, 6.45) is 19.0. The van der Waals surface area contributed by atoms with Gasteiger partial charge in [-0.25, -0.2) is 4.79 Å². The molecule has 1 atom stereocenters. The molecule has 0 aromatic rings. The van der Waals surface area contributed by atoms with E-state index in [1.807, 2.05) is 6.92 Å². The molecule has 0 aromatic carbocycles. The van der Waals surface area contributed by atoms with Crippen molar-refractivity contribution in [3.63, 3.8) is 0 Å². The second-order valence-electron chi connectivity index (χ2n) is 7.01. The minimum atomic E-state index is -1.18. The van der Waals surface area contributed by atoms with Crippen molar-refractivity contribution in [3.8, 4) is 0 Å². The van der Waals surface area contributed by atoms with Crippen LogP contribution in [0.2, 0.25) is 0 Å². The van der Waals surface area contributed by atoms with Gasteiger partial charge >= 0.3 is 5.97 Å². The van der Waals surface area contributed by atoms with E-state index in [2.05, 4.69) is 25.7 Å². The number of primary amides is 1. The second-order valence-corrected chi connectivity index (χ2v) is 7.01. The largest absolute Gasteiger partial charge is 0.446 e. The Hall–Kier alpha value is -1.58. The molecule has 0 saturated carbocycles. The van der Waals surface area contributed by atoms with Gasteiger partial charge in [-0.1, -0.05) is 71.1 Å². The van der Waals surface area contributed by atoms with E-state index in [0.717, 1.165) is 44.6 Å². The molecule has 0 aliphatic rings. The van der Waals surface area contributed by atoms with Gasteiger partial charge in [0.15, 0.2) is 5.60 Å². The molecule has 0 saturated heterocycles. The molecular weight excluding hydrogens is 326 g/mol. The van der Waals surface area contributed by atoms with E-state index in [1.54, 1.807) is 0 Å². The van der Waals surface area contributed by atoms with Crippen molar-refractivity contribution >= 4 is 11.9 Å². The van der Waals surface area contributed by atoms with Gasteiger partial charge in [0.25, 0.3) is 5.91 Å². The monoisotopic (exact) mass is 365 g/mol. The molecule has 4 nitrogen and oxygen atoms in total. The van der Waals surface area contributed by atoms with E-state index < -0.39 is 17.5 Å². The van der Waals surface area contributed by atoms with Gasteiger partial charge in [-0.05, 0) is 44.9 Å². The van der Waals surface area contributed by atoms with Crippen LogP contribution in [0.25, 0.3) is 0 Å². The van der Waals surface area contributed by atoms with Crippen molar-refractivity contribution in [1.29, 1.82) is 0 Å². The van der Waals surface area contributed by atoms with Crippen LogP contribution in [0.1, 0.15) is 97.3 Å². The Morgan fingerprint density at radius 1 is 0.885 bits per heavy atom. The lowest BCUT2D eigenvalue weighted by Gasteiger charge is -2.29. The Balaban J connectivity index is 4.05. The van der Waals surface area contributed by atoms with Crippen LogP contribution in [0.4, 0.5) is 0 Å². The summed E-state index contributed by atoms with van der Waals surface area (Å²) in [6, 6.07) is 0. The van der Waals surface area contributed by atoms with Gasteiger partial charge in [0.1, 0.15) is 0 Å². The van der Waals surface area contributed by atoms with Crippen molar-refractivity contribution in [2.75, 3.05) is 0 Å². The van der Waals surface area contributed by atoms with Crippen LogP contribution >= 0.6 is 0 Å². The lowest BCUT2D eigenvalue weighted by molar-refractivity contribution is -0.164. The topological polar surface area (TPSA) is 69.4 Å². The molecule has 0 heterocycles. The van der Waals surface area contributed by atoms with Crippen LogP contribution in [0.15, 0.2) is 24.8 Å². The highest BCUT2D eigenvalue weighted by molar-refractivity contribution is 5.89. The zero-order valence-electron chi connectivity index (χ0n) is 16.9. The molecule has 0 aromatic heterocycles. The number of carbonyl (C=O) groups is 2. The normalized spacial score (nSPS) is 13.5. The lowest BCUT2D eigenvalue weighted by Crippen LogP contribution is -2.47. The molecule has 0 radical (unpaired) electrons. The molecule has 0 bridgehead atoms. The minimum absolute atomic E-state index is 0.461. The molecule has 26 heavy (non-hydrogen) atoms. The number of ether oxygens (including phenoxy) is 1. The van der Waals surface area contributed by atoms with Crippen molar-refractivity contribution in [2.24, 2.45) is 5.73 Å². The summed E-state index contributed by atoms with van der Waals surface area (Å²) in [5.41, 5.74) is 4.36. The van der Waals surface area contributed by atoms with Gasteiger partial charge in [-0.3, -0.25) is 4.79 Å². The Morgan fingerprint density at radius 2 is 1.46 bits per heavy atom. The number of nitrogens with two attached hydrogens (primary N) is 1. The molecule has 0 aliphatic heterocycles. The van der Waals surface area contributed by atoms with E-state index >= 15 is 0 Å². The molecule has 1 unspecified atom stereocenters. The van der Waals surface area contributed by atoms with Crippen LogP contribution in [-0.2, 0) is 14.3 Å². The number of esters is 1. The number of unbranched alkanes of at least 4 members (excludes halogenated alkanes) is 8. The van der Waals surface area contributed by atoms with Gasteiger partial charge in [0.05, 0.1) is 0 Å². The summed E-state index contributed by atoms with van der Waals surface area (Å²) in [6.45, 7) is 7.58. The molecule has 0 rings (SSSR count). The van der Waals surface area contributed by atoms with Crippen LogP contribution in [0.5, 0.6) is 0 Å². The average molecular weight is 366 g/mol. The first kappa shape index (κ1) is 24.4. The van der Waals surface area contributed by atoms with E-state index in [-0.39, 0.29) is 0 Å². The number of rotatable bonds is 17. The molecular formula is C22H39NO3. The Bertz CT molecular complexity index is 431. The maximum atomic E-state index is 11.9. The Kier molecular flexibility index (Phi) is 14.7. The summed E-state index contributed by atoms with van der Waals surface area (Å²) in [4.78, 5) is 23.5. The SMILES string of the molecule is C=CC(=O)OC(CCC)(CCCCCC/C=C\CCCCCC)C(N)=O. The van der Waals surface area contributed by atoms with E-state index in [1.165, 1.54) is 32.1 Å². The third-order valence-electron chi connectivity index (χ3n) is 4.66. The van der Waals surface area contributed by atoms with Gasteiger partial charge in [0, 0.05) is 6.08 Å². The zero-order chi connectivity index (χ0) is 19.7. The predicted molar refractivity (Wildman–Crippen MR) is 109 cm³/mol. The number of hydrogen-bond donors (Lipinski definition) is 1. The molecule has 4 heteroatoms. The predicted octanol–water partition coefficient (Wildman–Crippen LogP) is 5.61. The lowest BCUT2D eigenvalue weighted by atomic mass is 9.90. The Labute approximate surface area is 160 Å². The van der Waals surface area contributed by atoms with Crippen molar-refractivity contribution in [2.45, 2.75) is 103 Å². The number of amides is 1. The quantitative estimate of drug-likeness (QED) is 0.158. The van der Waals surface area contributed by atoms with Crippen LogP contribution in [0, 0.1) is 0 Å². The molecule has 0 fully saturated rings. The fraction of sp³-hybridized carbons (Fsp3) is 0.727. The van der Waals surface area contributed by atoms with Gasteiger partial charge in [-0.2, -0.15) is 0 Å². The highest BCUT2D eigenvalue weighted by Gasteiger charge is 2.38. The highest BCUT2D eigenvalue weighted by atomic mass is 16.6. The van der Waals surface area contributed by atoms with E-state index in [4.69, 9.17) is 10.5 Å². The first-order chi connectivity index (χ1) is 12.5. The van der Waals surface area contributed by atoms with Crippen molar-refractivity contribution < 1.29 is 14.3 Å². The molecule has 2 N–H and O–H groups in total. The molecule has 150 valence electrons. The smallest absolute Gasteiger partial charge is 0.331 e. The summed E-state index contributed by atoms with van der Waals surface area (Å²) >= 11 is 0. The molecule has 1 amide bonds. The summed E-state index contributed by atoms with van der Waals surface area (Å²) in [7, 11) is 0. The highest BCUT2D eigenvalue weighted by Crippen LogP contribution is 2.26. The standard InChI is InChI=1S/C22H39NO3/c1-4-7-8-9-10-11-12-13-14-15-16-17-19-22(18-5-2,21(23)25)26-20(24)6-3/h6,11-12H,3-5,7-10,13-19H2,1-2H3,(H2,23,25)/b12-11-. The third kappa shape index (κ3) is 11.1. The van der Waals surface area contributed by atoms with Crippen LogP contribution < -0.4 is 5.73 Å². The van der Waals surface area contributed by atoms with E-state index in [0.29, 0.717) is 12.8 Å². The third-order valence-corrected chi connectivity index (χ3v) is 4.66. The summed E-state index contributed by atoms with van der Waals surface area (Å²) in [5.74, 6) is -1.14. The fourth-order valence-electron chi connectivity index (χ4n) is 3.11. The second kappa shape index (κ2) is 15.7. The average Bonchev–Trinajstić information content (AvgIpc) is 2.62. The minimum Gasteiger partial charge on any atom is -0.446 e. The van der Waals surface area contributed by atoms with Crippen LogP contribution in [-0.4, -0.2) is 17.5 Å². The van der Waals surface area contributed by atoms with Gasteiger partial charge in [0.2, 0.25) is 0 Å². The number of allylic oxidation sites excluding steroid dienone is 2. The number of hydrogen-bond acceptors (Lipinski definition) is 3. The maximum Gasteiger partial charge on any atom is 0.331 e. The molecule has 0 spiro atoms. The first-order valence-electron chi connectivity index (χ1n) is 10.3.